The number of amides is 1. The molecule has 0 spiro atoms. The molecular formula is C27H29ClN2O2S. The summed E-state index contributed by atoms with van der Waals surface area (Å²) in [6, 6.07) is 21.2. The Morgan fingerprint density at radius 1 is 0.970 bits per heavy atom. The zero-order valence-corrected chi connectivity index (χ0v) is 20.9. The molecule has 0 saturated carbocycles. The van der Waals surface area contributed by atoms with E-state index < -0.39 is 0 Å². The number of anilines is 1. The lowest BCUT2D eigenvalue weighted by Crippen LogP contribution is -2.34. The lowest BCUT2D eigenvalue weighted by atomic mass is 9.87. The van der Waals surface area contributed by atoms with Crippen molar-refractivity contribution in [3.05, 3.63) is 94.0 Å². The van der Waals surface area contributed by atoms with Gasteiger partial charge in [0.15, 0.2) is 5.11 Å². The summed E-state index contributed by atoms with van der Waals surface area (Å²) in [5.74, 6) is 0.496. The fourth-order valence-corrected chi connectivity index (χ4v) is 3.90. The van der Waals surface area contributed by atoms with Crippen LogP contribution in [0, 0.1) is 0 Å². The standard InChI is InChI=1S/C27H29ClN2O2S/c1-27(2,3)21-14-11-20(12-15-21)25(31)30-26(33)29-22-16-13-19(24(17-22)32-4)10-9-18-7-5-6-8-23(18)28/h5-8,11-17H,9-10H2,1-4H3,(H2,29,30,31,33). The van der Waals surface area contributed by atoms with Crippen LogP contribution in [0.4, 0.5) is 5.69 Å². The van der Waals surface area contributed by atoms with E-state index >= 15 is 0 Å². The molecule has 4 nitrogen and oxygen atoms in total. The van der Waals surface area contributed by atoms with E-state index in [1.807, 2.05) is 66.7 Å². The first-order valence-corrected chi connectivity index (χ1v) is 11.6. The molecule has 0 bridgehead atoms. The molecule has 0 heterocycles. The number of hydrogen-bond donors (Lipinski definition) is 2. The molecule has 1 amide bonds. The number of aryl methyl sites for hydroxylation is 2. The molecule has 0 fully saturated rings. The van der Waals surface area contributed by atoms with Crippen molar-refractivity contribution in [2.45, 2.75) is 39.0 Å². The van der Waals surface area contributed by atoms with Crippen LogP contribution < -0.4 is 15.4 Å². The van der Waals surface area contributed by atoms with Crippen LogP contribution in [0.25, 0.3) is 0 Å². The topological polar surface area (TPSA) is 50.4 Å². The van der Waals surface area contributed by atoms with Crippen LogP contribution in [0.1, 0.15) is 47.8 Å². The second-order valence-corrected chi connectivity index (χ2v) is 9.67. The molecule has 0 atom stereocenters. The molecule has 0 unspecified atom stereocenters. The molecule has 172 valence electrons. The van der Waals surface area contributed by atoms with Gasteiger partial charge in [0.25, 0.3) is 5.91 Å². The zero-order chi connectivity index (χ0) is 24.0. The minimum Gasteiger partial charge on any atom is -0.496 e. The predicted molar refractivity (Wildman–Crippen MR) is 141 cm³/mol. The number of carbonyl (C=O) groups excluding carboxylic acids is 1. The van der Waals surface area contributed by atoms with Crippen molar-refractivity contribution >= 4 is 40.5 Å². The van der Waals surface area contributed by atoms with Gasteiger partial charge >= 0.3 is 0 Å². The maximum atomic E-state index is 12.6. The summed E-state index contributed by atoms with van der Waals surface area (Å²) in [6.45, 7) is 6.41. The SMILES string of the molecule is COc1cc(NC(=S)NC(=O)c2ccc(C(C)(C)C)cc2)ccc1CCc1ccccc1Cl. The number of benzene rings is 3. The van der Waals surface area contributed by atoms with Gasteiger partial charge in [-0.15, -0.1) is 0 Å². The summed E-state index contributed by atoms with van der Waals surface area (Å²) in [6.07, 6.45) is 1.60. The molecule has 3 aromatic carbocycles. The molecule has 0 saturated heterocycles. The van der Waals surface area contributed by atoms with Crippen molar-refractivity contribution in [1.82, 2.24) is 5.32 Å². The summed E-state index contributed by atoms with van der Waals surface area (Å²) in [5.41, 5.74) is 4.66. The monoisotopic (exact) mass is 480 g/mol. The van der Waals surface area contributed by atoms with Gasteiger partial charge in [0.1, 0.15) is 5.75 Å². The molecule has 0 aliphatic carbocycles. The molecule has 2 N–H and O–H groups in total. The van der Waals surface area contributed by atoms with E-state index in [2.05, 4.69) is 31.4 Å². The Balaban J connectivity index is 1.61. The smallest absolute Gasteiger partial charge is 0.257 e. The molecular weight excluding hydrogens is 452 g/mol. The van der Waals surface area contributed by atoms with E-state index in [1.165, 1.54) is 5.56 Å². The predicted octanol–water partition coefficient (Wildman–Crippen LogP) is 6.56. The first kappa shape index (κ1) is 24.7. The minimum absolute atomic E-state index is 0.0322. The van der Waals surface area contributed by atoms with Gasteiger partial charge in [-0.2, -0.15) is 0 Å². The van der Waals surface area contributed by atoms with E-state index in [1.54, 1.807) is 7.11 Å². The Labute approximate surface area is 206 Å². The van der Waals surface area contributed by atoms with Crippen LogP contribution in [0.3, 0.4) is 0 Å². The maximum absolute atomic E-state index is 12.6. The van der Waals surface area contributed by atoms with Crippen LogP contribution in [0.15, 0.2) is 66.7 Å². The number of nitrogens with one attached hydrogen (secondary N) is 2. The summed E-state index contributed by atoms with van der Waals surface area (Å²) >= 11 is 11.6. The first-order chi connectivity index (χ1) is 15.7. The Morgan fingerprint density at radius 2 is 1.64 bits per heavy atom. The number of thiocarbonyl (C=S) groups is 1. The van der Waals surface area contributed by atoms with Gasteiger partial charge < -0.3 is 10.1 Å². The third kappa shape index (κ3) is 6.80. The molecule has 0 aliphatic heterocycles. The van der Waals surface area contributed by atoms with Crippen molar-refractivity contribution < 1.29 is 9.53 Å². The summed E-state index contributed by atoms with van der Waals surface area (Å²) in [7, 11) is 1.64. The molecule has 0 aliphatic rings. The van der Waals surface area contributed by atoms with Crippen molar-refractivity contribution in [2.75, 3.05) is 12.4 Å². The second kappa shape index (κ2) is 10.8. The Kier molecular flexibility index (Phi) is 8.11. The average Bonchev–Trinajstić information content (AvgIpc) is 2.78. The Bertz CT molecular complexity index is 1140. The van der Waals surface area contributed by atoms with Crippen LogP contribution >= 0.6 is 23.8 Å². The van der Waals surface area contributed by atoms with Gasteiger partial charge in [0.05, 0.1) is 7.11 Å². The molecule has 0 aromatic heterocycles. The summed E-state index contributed by atoms with van der Waals surface area (Å²) in [5, 5.41) is 6.79. The van der Waals surface area contributed by atoms with Crippen LogP contribution in [-0.2, 0) is 18.3 Å². The highest BCUT2D eigenvalue weighted by Crippen LogP contribution is 2.26. The largest absolute Gasteiger partial charge is 0.496 e. The number of halogens is 1. The summed E-state index contributed by atoms with van der Waals surface area (Å²) < 4.78 is 5.57. The fraction of sp³-hybridized carbons (Fsp3) is 0.259. The Morgan fingerprint density at radius 3 is 2.27 bits per heavy atom. The highest BCUT2D eigenvalue weighted by molar-refractivity contribution is 7.80. The minimum atomic E-state index is -0.253. The number of ether oxygens (including phenoxy) is 1. The second-order valence-electron chi connectivity index (χ2n) is 8.85. The van der Waals surface area contributed by atoms with Gasteiger partial charge in [0, 0.05) is 22.3 Å². The van der Waals surface area contributed by atoms with Crippen molar-refractivity contribution in [2.24, 2.45) is 0 Å². The van der Waals surface area contributed by atoms with Crippen LogP contribution in [0.5, 0.6) is 5.75 Å². The Hall–Kier alpha value is -2.89. The van der Waals surface area contributed by atoms with Crippen molar-refractivity contribution in [1.29, 1.82) is 0 Å². The maximum Gasteiger partial charge on any atom is 0.257 e. The number of rotatable bonds is 6. The third-order valence-electron chi connectivity index (χ3n) is 5.41. The van der Waals surface area contributed by atoms with E-state index in [4.69, 9.17) is 28.6 Å². The fourth-order valence-electron chi connectivity index (χ4n) is 3.46. The van der Waals surface area contributed by atoms with E-state index in [0.717, 1.165) is 40.4 Å². The average molecular weight is 481 g/mol. The van der Waals surface area contributed by atoms with Gasteiger partial charge in [-0.05, 0) is 71.4 Å². The zero-order valence-electron chi connectivity index (χ0n) is 19.4. The normalized spacial score (nSPS) is 11.1. The van der Waals surface area contributed by atoms with E-state index in [0.29, 0.717) is 5.56 Å². The van der Waals surface area contributed by atoms with E-state index in [9.17, 15) is 4.79 Å². The van der Waals surface area contributed by atoms with Gasteiger partial charge in [0.2, 0.25) is 0 Å². The van der Waals surface area contributed by atoms with E-state index in [-0.39, 0.29) is 16.4 Å². The highest BCUT2D eigenvalue weighted by Gasteiger charge is 2.15. The van der Waals surface area contributed by atoms with Gasteiger partial charge in [-0.25, -0.2) is 0 Å². The molecule has 33 heavy (non-hydrogen) atoms. The number of carbonyl (C=O) groups is 1. The van der Waals surface area contributed by atoms with Crippen LogP contribution in [0.2, 0.25) is 5.02 Å². The molecule has 6 heteroatoms. The molecule has 0 radical (unpaired) electrons. The lowest BCUT2D eigenvalue weighted by Gasteiger charge is -2.19. The third-order valence-corrected chi connectivity index (χ3v) is 5.98. The lowest BCUT2D eigenvalue weighted by molar-refractivity contribution is 0.0977. The number of hydrogen-bond acceptors (Lipinski definition) is 3. The molecule has 3 aromatic rings. The van der Waals surface area contributed by atoms with Gasteiger partial charge in [-0.3, -0.25) is 10.1 Å². The number of methoxy groups -OCH3 is 1. The van der Waals surface area contributed by atoms with Gasteiger partial charge in [-0.1, -0.05) is 68.8 Å². The molecule has 3 rings (SSSR count). The van der Waals surface area contributed by atoms with Crippen molar-refractivity contribution in [3.8, 4) is 5.75 Å². The first-order valence-electron chi connectivity index (χ1n) is 10.8. The summed E-state index contributed by atoms with van der Waals surface area (Å²) in [4.78, 5) is 12.6. The van der Waals surface area contributed by atoms with Crippen molar-refractivity contribution in [3.63, 3.8) is 0 Å². The quantitative estimate of drug-likeness (QED) is 0.392. The van der Waals surface area contributed by atoms with Crippen LogP contribution in [-0.4, -0.2) is 18.1 Å². The highest BCUT2D eigenvalue weighted by atomic mass is 35.5.